The summed E-state index contributed by atoms with van der Waals surface area (Å²) in [6.07, 6.45) is 0.903. The zero-order chi connectivity index (χ0) is 25.3. The molecule has 0 aliphatic heterocycles. The first-order chi connectivity index (χ1) is 17.6. The van der Waals surface area contributed by atoms with Crippen molar-refractivity contribution in [1.29, 1.82) is 0 Å². The second-order valence-corrected chi connectivity index (χ2v) is 8.87. The lowest BCUT2D eigenvalue weighted by atomic mass is 10.2. The number of nitrogens with zero attached hydrogens (tertiary/aromatic N) is 3. The van der Waals surface area contributed by atoms with E-state index in [1.165, 1.54) is 5.56 Å². The molecule has 36 heavy (non-hydrogen) atoms. The van der Waals surface area contributed by atoms with E-state index in [0.29, 0.717) is 22.9 Å². The number of aryl methyl sites for hydroxylation is 1. The molecule has 0 fully saturated rings. The highest BCUT2D eigenvalue weighted by atomic mass is 32.2. The fourth-order valence-corrected chi connectivity index (χ4v) is 4.58. The molecule has 0 unspecified atom stereocenters. The number of hydrogen-bond acceptors (Lipinski definition) is 7. The summed E-state index contributed by atoms with van der Waals surface area (Å²) in [7, 11) is 4.72. The molecule has 1 N–H and O–H groups in total. The van der Waals surface area contributed by atoms with Crippen molar-refractivity contribution in [1.82, 2.24) is 20.1 Å². The van der Waals surface area contributed by atoms with Gasteiger partial charge < -0.3 is 19.5 Å². The Hall–Kier alpha value is -3.98. The molecule has 0 saturated carbocycles. The van der Waals surface area contributed by atoms with Crippen molar-refractivity contribution >= 4 is 17.7 Å². The van der Waals surface area contributed by atoms with Crippen molar-refractivity contribution in [2.75, 3.05) is 27.1 Å². The molecule has 186 valence electrons. The molecule has 1 heterocycles. The summed E-state index contributed by atoms with van der Waals surface area (Å²) in [4.78, 5) is 12.9. The average Bonchev–Trinajstić information content (AvgIpc) is 3.34. The first-order valence-electron chi connectivity index (χ1n) is 11.4. The minimum Gasteiger partial charge on any atom is -0.497 e. The number of nitrogens with one attached hydrogen (secondary N) is 1. The number of thioether (sulfide) groups is 1. The standard InChI is InChI=1S/C27H28N4O4S/c1-33-22-11-7-10-21(16-22)31-25(29-30-27(31)36-13-12-19-8-5-4-6-9-19)18-28-26(32)20-14-23(34-2)17-24(15-20)35-3/h4-11,14-17H,12-13,18H2,1-3H3,(H,28,32). The number of rotatable bonds is 11. The molecule has 8 nitrogen and oxygen atoms in total. The Labute approximate surface area is 214 Å². The zero-order valence-corrected chi connectivity index (χ0v) is 21.2. The highest BCUT2D eigenvalue weighted by Gasteiger charge is 2.17. The molecule has 0 aliphatic rings. The zero-order valence-electron chi connectivity index (χ0n) is 20.4. The lowest BCUT2D eigenvalue weighted by molar-refractivity contribution is 0.0949. The van der Waals surface area contributed by atoms with Gasteiger partial charge in [0.05, 0.1) is 33.6 Å². The lowest BCUT2D eigenvalue weighted by Gasteiger charge is -2.13. The molecule has 0 aliphatic carbocycles. The molecule has 1 aromatic heterocycles. The number of aromatic nitrogens is 3. The number of carbonyl (C=O) groups excluding carboxylic acids is 1. The topological polar surface area (TPSA) is 87.5 Å². The third-order valence-electron chi connectivity index (χ3n) is 5.50. The number of carbonyl (C=O) groups is 1. The highest BCUT2D eigenvalue weighted by Crippen LogP contribution is 2.26. The van der Waals surface area contributed by atoms with E-state index in [4.69, 9.17) is 14.2 Å². The van der Waals surface area contributed by atoms with E-state index in [0.717, 1.165) is 28.8 Å². The number of ether oxygens (including phenoxy) is 3. The van der Waals surface area contributed by atoms with Crippen molar-refractivity contribution in [3.63, 3.8) is 0 Å². The normalized spacial score (nSPS) is 10.6. The Morgan fingerprint density at radius 2 is 1.58 bits per heavy atom. The predicted molar refractivity (Wildman–Crippen MR) is 139 cm³/mol. The Bertz CT molecular complexity index is 1290. The maximum Gasteiger partial charge on any atom is 0.251 e. The third kappa shape index (κ3) is 6.17. The number of amides is 1. The molecule has 0 atom stereocenters. The van der Waals surface area contributed by atoms with Crippen LogP contribution in [0, 0.1) is 0 Å². The van der Waals surface area contributed by atoms with Gasteiger partial charge in [-0.1, -0.05) is 48.2 Å². The molecule has 0 bridgehead atoms. The molecule has 4 aromatic rings. The van der Waals surface area contributed by atoms with Gasteiger partial charge in [-0.25, -0.2) is 0 Å². The second-order valence-electron chi connectivity index (χ2n) is 7.80. The summed E-state index contributed by atoms with van der Waals surface area (Å²) in [5, 5.41) is 12.5. The van der Waals surface area contributed by atoms with Crippen molar-refractivity contribution in [3.05, 3.63) is 89.7 Å². The van der Waals surface area contributed by atoms with Crippen LogP contribution < -0.4 is 19.5 Å². The van der Waals surface area contributed by atoms with Gasteiger partial charge in [0.25, 0.3) is 5.91 Å². The number of benzene rings is 3. The average molecular weight is 505 g/mol. The smallest absolute Gasteiger partial charge is 0.251 e. The first-order valence-corrected chi connectivity index (χ1v) is 12.4. The van der Waals surface area contributed by atoms with Gasteiger partial charge in [0.1, 0.15) is 17.2 Å². The minimum absolute atomic E-state index is 0.182. The molecule has 0 saturated heterocycles. The monoisotopic (exact) mass is 504 g/mol. The highest BCUT2D eigenvalue weighted by molar-refractivity contribution is 7.99. The van der Waals surface area contributed by atoms with Crippen LogP contribution in [0.2, 0.25) is 0 Å². The van der Waals surface area contributed by atoms with Crippen LogP contribution in [0.4, 0.5) is 0 Å². The van der Waals surface area contributed by atoms with E-state index in [9.17, 15) is 4.79 Å². The minimum atomic E-state index is -0.273. The summed E-state index contributed by atoms with van der Waals surface area (Å²) in [6.45, 7) is 0.182. The van der Waals surface area contributed by atoms with E-state index < -0.39 is 0 Å². The Morgan fingerprint density at radius 3 is 2.28 bits per heavy atom. The van der Waals surface area contributed by atoms with Crippen LogP contribution in [-0.2, 0) is 13.0 Å². The van der Waals surface area contributed by atoms with Crippen LogP contribution in [0.1, 0.15) is 21.7 Å². The molecule has 4 rings (SSSR count). The lowest BCUT2D eigenvalue weighted by Crippen LogP contribution is -2.24. The van der Waals surface area contributed by atoms with Gasteiger partial charge in [0.15, 0.2) is 11.0 Å². The van der Waals surface area contributed by atoms with E-state index >= 15 is 0 Å². The Kier molecular flexibility index (Phi) is 8.46. The van der Waals surface area contributed by atoms with Crippen LogP contribution in [0.3, 0.4) is 0 Å². The van der Waals surface area contributed by atoms with Crippen molar-refractivity contribution in [2.45, 2.75) is 18.1 Å². The van der Waals surface area contributed by atoms with Crippen LogP contribution >= 0.6 is 11.8 Å². The quantitative estimate of drug-likeness (QED) is 0.300. The molecule has 0 radical (unpaired) electrons. The summed E-state index contributed by atoms with van der Waals surface area (Å²) < 4.78 is 17.9. The van der Waals surface area contributed by atoms with E-state index in [2.05, 4.69) is 27.6 Å². The Balaban J connectivity index is 1.55. The van der Waals surface area contributed by atoms with Crippen LogP contribution in [0.25, 0.3) is 5.69 Å². The molecule has 0 spiro atoms. The van der Waals surface area contributed by atoms with Gasteiger partial charge in [0.2, 0.25) is 0 Å². The second kappa shape index (κ2) is 12.1. The maximum atomic E-state index is 12.9. The predicted octanol–water partition coefficient (Wildman–Crippen LogP) is 4.56. The Morgan fingerprint density at radius 1 is 0.861 bits per heavy atom. The van der Waals surface area contributed by atoms with Gasteiger partial charge in [0, 0.05) is 23.4 Å². The fraction of sp³-hybridized carbons (Fsp3) is 0.222. The summed E-state index contributed by atoms with van der Waals surface area (Å²) in [6, 6.07) is 23.0. The summed E-state index contributed by atoms with van der Waals surface area (Å²) in [5.74, 6) is 2.97. The SMILES string of the molecule is COc1cc(OC)cc(C(=O)NCc2nnc(SCCc3ccccc3)n2-c2cccc(OC)c2)c1. The van der Waals surface area contributed by atoms with Gasteiger partial charge in [-0.15, -0.1) is 10.2 Å². The van der Waals surface area contributed by atoms with Crippen LogP contribution in [-0.4, -0.2) is 47.8 Å². The van der Waals surface area contributed by atoms with E-state index in [1.807, 2.05) is 47.0 Å². The molecular formula is C27H28N4O4S. The molecule has 3 aromatic carbocycles. The van der Waals surface area contributed by atoms with Gasteiger partial charge in [-0.3, -0.25) is 9.36 Å². The van der Waals surface area contributed by atoms with Gasteiger partial charge in [-0.2, -0.15) is 0 Å². The molecule has 1 amide bonds. The van der Waals surface area contributed by atoms with E-state index in [1.54, 1.807) is 51.3 Å². The molecular weight excluding hydrogens is 476 g/mol. The maximum absolute atomic E-state index is 12.9. The van der Waals surface area contributed by atoms with Gasteiger partial charge in [-0.05, 0) is 36.2 Å². The number of hydrogen-bond donors (Lipinski definition) is 1. The van der Waals surface area contributed by atoms with Crippen LogP contribution in [0.15, 0.2) is 78.0 Å². The summed E-state index contributed by atoms with van der Waals surface area (Å²) >= 11 is 1.61. The largest absolute Gasteiger partial charge is 0.497 e. The first kappa shape index (κ1) is 25.1. The van der Waals surface area contributed by atoms with E-state index in [-0.39, 0.29) is 12.5 Å². The summed E-state index contributed by atoms with van der Waals surface area (Å²) in [5.41, 5.74) is 2.55. The van der Waals surface area contributed by atoms with Crippen LogP contribution in [0.5, 0.6) is 17.2 Å². The van der Waals surface area contributed by atoms with Crippen molar-refractivity contribution in [2.24, 2.45) is 0 Å². The number of methoxy groups -OCH3 is 3. The van der Waals surface area contributed by atoms with Crippen molar-refractivity contribution in [3.8, 4) is 22.9 Å². The fourth-order valence-electron chi connectivity index (χ4n) is 3.62. The molecule has 9 heteroatoms. The third-order valence-corrected chi connectivity index (χ3v) is 6.43. The van der Waals surface area contributed by atoms with Crippen molar-refractivity contribution < 1.29 is 19.0 Å². The van der Waals surface area contributed by atoms with Gasteiger partial charge >= 0.3 is 0 Å².